The van der Waals surface area contributed by atoms with E-state index in [2.05, 4.69) is 4.99 Å². The number of ether oxygens (including phenoxy) is 1. The zero-order chi connectivity index (χ0) is 4.41. The molecule has 1 aliphatic rings. The molecule has 0 fully saturated rings. The fourth-order valence-corrected chi connectivity index (χ4v) is 0.295. The minimum atomic E-state index is 0.718. The molecule has 1 aliphatic heterocycles. The molecule has 2 heteroatoms. The van der Waals surface area contributed by atoms with E-state index in [9.17, 15) is 0 Å². The molecule has 0 aliphatic carbocycles. The van der Waals surface area contributed by atoms with E-state index in [0.29, 0.717) is 0 Å². The molecule has 1 rings (SSSR count). The van der Waals surface area contributed by atoms with E-state index < -0.39 is 0 Å². The summed E-state index contributed by atoms with van der Waals surface area (Å²) in [7, 11) is 0. The summed E-state index contributed by atoms with van der Waals surface area (Å²) in [5.41, 5.74) is 0. The first-order chi connectivity index (χ1) is 2.89. The summed E-state index contributed by atoms with van der Waals surface area (Å²) in [5, 5.41) is 0. The molecule has 0 unspecified atom stereocenters. The molecule has 0 bridgehead atoms. The fraction of sp³-hybridized carbons (Fsp3) is 0.250. The van der Waals surface area contributed by atoms with Gasteiger partial charge in [-0.3, -0.25) is 0 Å². The number of hydrogen-bond acceptors (Lipinski definition) is 2. The normalized spacial score (nSPS) is 17.2. The minimum Gasteiger partial charge on any atom is -0.406 e. The summed E-state index contributed by atoms with van der Waals surface area (Å²) in [5.74, 6) is 0.718. The van der Waals surface area contributed by atoms with Crippen molar-refractivity contribution >= 4 is 5.90 Å². The van der Waals surface area contributed by atoms with Crippen molar-refractivity contribution in [3.05, 3.63) is 12.5 Å². The first-order valence-corrected chi connectivity index (χ1v) is 1.75. The number of rotatable bonds is 0. The van der Waals surface area contributed by atoms with Gasteiger partial charge in [0.2, 0.25) is 0 Å². The SMILES string of the molecule is CC1=[N+]C=CO1. The van der Waals surface area contributed by atoms with Crippen molar-refractivity contribution in [2.75, 3.05) is 0 Å². The molecule has 0 saturated heterocycles. The summed E-state index contributed by atoms with van der Waals surface area (Å²) < 4.78 is 4.72. The molecule has 0 aromatic heterocycles. The van der Waals surface area contributed by atoms with Crippen molar-refractivity contribution < 1.29 is 4.74 Å². The summed E-state index contributed by atoms with van der Waals surface area (Å²) in [6.07, 6.45) is 3.17. The second-order valence-electron chi connectivity index (χ2n) is 1.05. The molecule has 1 radical (unpaired) electrons. The Morgan fingerprint density at radius 1 is 1.83 bits per heavy atom. The van der Waals surface area contributed by atoms with Crippen LogP contribution in [0.25, 0.3) is 0 Å². The third-order valence-corrected chi connectivity index (χ3v) is 0.556. The summed E-state index contributed by atoms with van der Waals surface area (Å²) in [6, 6.07) is 0. The van der Waals surface area contributed by atoms with Gasteiger partial charge in [0.15, 0.2) is 6.26 Å². The van der Waals surface area contributed by atoms with Crippen molar-refractivity contribution in [2.45, 2.75) is 6.92 Å². The molecule has 0 aromatic carbocycles. The smallest absolute Gasteiger partial charge is 0.406 e. The second kappa shape index (κ2) is 1.12. The van der Waals surface area contributed by atoms with Crippen LogP contribution in [-0.2, 0) is 4.74 Å². The monoisotopic (exact) mass is 83.0 g/mol. The maximum atomic E-state index is 4.72. The van der Waals surface area contributed by atoms with Crippen LogP contribution in [0, 0.1) is 0 Å². The molecule has 31 valence electrons. The Bertz CT molecular complexity index is 104. The number of nitrogens with zero attached hydrogens (tertiary/aromatic N) is 1. The molecule has 0 N–H and O–H groups in total. The van der Waals surface area contributed by atoms with Crippen LogP contribution >= 0.6 is 0 Å². The number of aliphatic imine (C=N–C) groups is 1. The highest BCUT2D eigenvalue weighted by atomic mass is 16.5. The van der Waals surface area contributed by atoms with Crippen LogP contribution < -0.4 is 4.99 Å². The van der Waals surface area contributed by atoms with Gasteiger partial charge in [0.25, 0.3) is 6.20 Å². The first-order valence-electron chi connectivity index (χ1n) is 1.75. The number of hydrogen-bond donors (Lipinski definition) is 0. The summed E-state index contributed by atoms with van der Waals surface area (Å²) >= 11 is 0. The average molecular weight is 83.1 g/mol. The van der Waals surface area contributed by atoms with Gasteiger partial charge in [-0.15, -0.1) is 0 Å². The Labute approximate surface area is 36.1 Å². The fourth-order valence-electron chi connectivity index (χ4n) is 0.295. The molecule has 0 spiro atoms. The molecule has 0 amide bonds. The standard InChI is InChI=1S/C4H5NO/c1-4-5-2-3-6-4/h2-3H,1H3/q+1. The van der Waals surface area contributed by atoms with E-state index >= 15 is 0 Å². The molecular formula is C4H5NO+. The third-order valence-electron chi connectivity index (χ3n) is 0.556. The third kappa shape index (κ3) is 0.407. The average Bonchev–Trinajstić information content (AvgIpc) is 1.86. The predicted octanol–water partition coefficient (Wildman–Crippen LogP) is 0.242. The van der Waals surface area contributed by atoms with Gasteiger partial charge in [-0.25, -0.2) is 0 Å². The van der Waals surface area contributed by atoms with Crippen molar-refractivity contribution in [2.24, 2.45) is 0 Å². The van der Waals surface area contributed by atoms with E-state index in [-0.39, 0.29) is 0 Å². The lowest BCUT2D eigenvalue weighted by molar-refractivity contribution is 0.481. The zero-order valence-electron chi connectivity index (χ0n) is 3.51. The second-order valence-corrected chi connectivity index (χ2v) is 1.05. The maximum Gasteiger partial charge on any atom is 0.411 e. The van der Waals surface area contributed by atoms with Crippen LogP contribution in [0.4, 0.5) is 0 Å². The van der Waals surface area contributed by atoms with Crippen molar-refractivity contribution in [3.63, 3.8) is 0 Å². The predicted molar refractivity (Wildman–Crippen MR) is 23.0 cm³/mol. The highest BCUT2D eigenvalue weighted by Crippen LogP contribution is 1.82. The van der Waals surface area contributed by atoms with E-state index in [1.165, 1.54) is 0 Å². The van der Waals surface area contributed by atoms with Gasteiger partial charge in [0, 0.05) is 0 Å². The Hall–Kier alpha value is -0.790. The Morgan fingerprint density at radius 3 is 2.83 bits per heavy atom. The lowest BCUT2D eigenvalue weighted by Gasteiger charge is -1.72. The Kier molecular flexibility index (Phi) is 0.638. The molecule has 0 aromatic rings. The zero-order valence-corrected chi connectivity index (χ0v) is 3.51. The first kappa shape index (κ1) is 3.40. The minimum absolute atomic E-state index is 0.718. The maximum absolute atomic E-state index is 4.72. The Morgan fingerprint density at radius 2 is 2.67 bits per heavy atom. The van der Waals surface area contributed by atoms with Crippen LogP contribution in [-0.4, -0.2) is 5.90 Å². The van der Waals surface area contributed by atoms with Crippen molar-refractivity contribution in [3.8, 4) is 0 Å². The van der Waals surface area contributed by atoms with Crippen LogP contribution in [0.1, 0.15) is 6.92 Å². The molecule has 6 heavy (non-hydrogen) atoms. The van der Waals surface area contributed by atoms with Gasteiger partial charge in [-0.2, -0.15) is 0 Å². The van der Waals surface area contributed by atoms with E-state index in [1.807, 2.05) is 0 Å². The highest BCUT2D eigenvalue weighted by Gasteiger charge is 2.05. The quantitative estimate of drug-likeness (QED) is 0.411. The lowest BCUT2D eigenvalue weighted by Crippen LogP contribution is -1.91. The van der Waals surface area contributed by atoms with E-state index in [0.717, 1.165) is 5.90 Å². The van der Waals surface area contributed by atoms with Gasteiger partial charge < -0.3 is 4.74 Å². The van der Waals surface area contributed by atoms with Crippen LogP contribution in [0.15, 0.2) is 12.5 Å². The topological polar surface area (TPSA) is 23.3 Å². The molecular weight excluding hydrogens is 78.0 g/mol. The largest absolute Gasteiger partial charge is 0.411 e. The van der Waals surface area contributed by atoms with Crippen LogP contribution in [0.2, 0.25) is 0 Å². The van der Waals surface area contributed by atoms with Crippen LogP contribution in [0.5, 0.6) is 0 Å². The van der Waals surface area contributed by atoms with Gasteiger partial charge in [0.1, 0.15) is 4.99 Å². The molecule has 0 saturated carbocycles. The van der Waals surface area contributed by atoms with E-state index in [4.69, 9.17) is 4.74 Å². The lowest BCUT2D eigenvalue weighted by atomic mass is 10.8. The van der Waals surface area contributed by atoms with Crippen LogP contribution in [0.3, 0.4) is 0 Å². The van der Waals surface area contributed by atoms with E-state index in [1.54, 1.807) is 19.4 Å². The molecule has 2 nitrogen and oxygen atoms in total. The molecule has 0 atom stereocenters. The van der Waals surface area contributed by atoms with Gasteiger partial charge in [-0.05, 0) is 0 Å². The van der Waals surface area contributed by atoms with Gasteiger partial charge in [0.05, 0.1) is 6.92 Å². The van der Waals surface area contributed by atoms with Crippen molar-refractivity contribution in [1.29, 1.82) is 0 Å². The summed E-state index contributed by atoms with van der Waals surface area (Å²) in [6.45, 7) is 1.81. The Balaban J connectivity index is 2.61. The highest BCUT2D eigenvalue weighted by molar-refractivity contribution is 5.74. The molecule has 1 heterocycles. The summed E-state index contributed by atoms with van der Waals surface area (Å²) in [4.78, 5) is 3.75. The van der Waals surface area contributed by atoms with Gasteiger partial charge in [-0.1, -0.05) is 0 Å². The van der Waals surface area contributed by atoms with Gasteiger partial charge >= 0.3 is 5.90 Å². The van der Waals surface area contributed by atoms with Crippen molar-refractivity contribution in [1.82, 2.24) is 4.99 Å².